The molecule has 25 nitrogen and oxygen atoms in total. The first-order valence-corrected chi connectivity index (χ1v) is 25.4. The van der Waals surface area contributed by atoms with Gasteiger partial charge in [0, 0.05) is 74.6 Å². The van der Waals surface area contributed by atoms with Crippen LogP contribution in [0.5, 0.6) is 0 Å². The molecule has 25 heteroatoms. The number of nitrogens with two attached hydrogens (primary N) is 6. The maximum absolute atomic E-state index is 14.8. The average molecular weight is 1070 g/mol. The van der Waals surface area contributed by atoms with Gasteiger partial charge in [-0.15, -0.1) is 0 Å². The zero-order valence-corrected chi connectivity index (χ0v) is 43.1. The van der Waals surface area contributed by atoms with Crippen LogP contribution in [-0.2, 0) is 60.8 Å². The summed E-state index contributed by atoms with van der Waals surface area (Å²) in [6.45, 7) is 1.34. The summed E-state index contributed by atoms with van der Waals surface area (Å²) in [5.41, 5.74) is 35.6. The second-order valence-corrected chi connectivity index (χ2v) is 19.1. The monoisotopic (exact) mass is 1070 g/mol. The predicted molar refractivity (Wildman–Crippen MR) is 284 cm³/mol. The summed E-state index contributed by atoms with van der Waals surface area (Å²) < 4.78 is 0. The number of hydrogen-bond donors (Lipinski definition) is 12. The third-order valence-corrected chi connectivity index (χ3v) is 13.0. The maximum Gasteiger partial charge on any atom is 0.243 e. The number of aromatic amines is 1. The van der Waals surface area contributed by atoms with E-state index in [1.165, 1.54) is 19.1 Å². The Labute approximate surface area is 445 Å². The minimum atomic E-state index is -1.77. The van der Waals surface area contributed by atoms with Crippen LogP contribution >= 0.6 is 0 Å². The summed E-state index contributed by atoms with van der Waals surface area (Å²) in [4.78, 5) is 149. The molecule has 0 bridgehead atoms. The van der Waals surface area contributed by atoms with Crippen LogP contribution in [0.3, 0.4) is 0 Å². The van der Waals surface area contributed by atoms with Crippen molar-refractivity contribution in [2.45, 2.75) is 133 Å². The number of para-hydroxylation sites is 1. The lowest BCUT2D eigenvalue weighted by Crippen LogP contribution is -2.58. The molecular formula is C52H71N15O10. The fourth-order valence-corrected chi connectivity index (χ4v) is 8.93. The number of nitriles is 1. The van der Waals surface area contributed by atoms with Gasteiger partial charge in [-0.3, -0.25) is 57.9 Å². The molecule has 1 aliphatic rings. The van der Waals surface area contributed by atoms with Gasteiger partial charge in [0.05, 0.1) is 24.1 Å². The van der Waals surface area contributed by atoms with Crippen molar-refractivity contribution in [1.82, 2.24) is 31.6 Å². The van der Waals surface area contributed by atoms with Crippen LogP contribution in [0.1, 0.15) is 107 Å². The van der Waals surface area contributed by atoms with Gasteiger partial charge in [0.1, 0.15) is 35.7 Å². The van der Waals surface area contributed by atoms with Crippen LogP contribution in [0.15, 0.2) is 64.7 Å². The summed E-state index contributed by atoms with van der Waals surface area (Å²) in [5.74, 6) is -10.3. The largest absolute Gasteiger partial charge is 0.370 e. The number of Topliss-reactive ketones (excluding diaryl/α,β-unsaturated/α-hetero) is 3. The summed E-state index contributed by atoms with van der Waals surface area (Å²) in [7, 11) is 0. The Bertz CT molecular complexity index is 2710. The molecule has 4 rings (SSSR count). The zero-order chi connectivity index (χ0) is 56.6. The number of nitrogens with zero attached hydrogens (tertiary/aromatic N) is 3. The Morgan fingerprint density at radius 2 is 1.40 bits per heavy atom. The molecule has 0 spiro atoms. The number of primary amides is 2. The van der Waals surface area contributed by atoms with Crippen molar-refractivity contribution in [1.29, 1.82) is 5.26 Å². The van der Waals surface area contributed by atoms with Crippen molar-refractivity contribution >= 4 is 81.5 Å². The standard InChI is InChI=1S/C52H71N15O10/c1-29(68)63-39(13-7-21-61-52(58)59)48(75)65-40-19-18-35(69)9-2-4-12-38(46(55)73)64-47(74)33(23-34-28-62-37-11-5-3-10-36(34)37)25-43(70)32(8-6-20-60-51(56)57)24-44(71)41(22-30-14-16-31(27-53)17-15-30)66-50(77)42(26-45(54)72)67-49(40)76/h3,5,10-11,14-17,28,32-33,38-42,62H,2,4,6-9,12-13,18-26H2,1H3,(H2,54,72)(H2,55,73)(H,63,68)(H,64,74)(H,65,75)(H,66,77)(H,67,76)(H4,56,57,60)(H4,58,59,61)/t32-,33-,38+,39+,40+,41-,42+/m1/s1. The van der Waals surface area contributed by atoms with Crippen LogP contribution in [0.4, 0.5) is 0 Å². The minimum absolute atomic E-state index is 0.0110. The number of ketones is 3. The van der Waals surface area contributed by atoms with E-state index in [-0.39, 0.29) is 108 Å². The van der Waals surface area contributed by atoms with Crippen LogP contribution in [-0.4, -0.2) is 119 Å². The van der Waals surface area contributed by atoms with Crippen LogP contribution in [0.25, 0.3) is 10.9 Å². The van der Waals surface area contributed by atoms with Gasteiger partial charge < -0.3 is 66.0 Å². The number of benzene rings is 2. The molecule has 7 amide bonds. The van der Waals surface area contributed by atoms with Gasteiger partial charge in [-0.05, 0) is 87.1 Å². The van der Waals surface area contributed by atoms with Crippen molar-refractivity contribution in [2.24, 2.45) is 56.2 Å². The topological polar surface area (TPSA) is 451 Å². The van der Waals surface area contributed by atoms with Gasteiger partial charge in [-0.2, -0.15) is 5.26 Å². The van der Waals surface area contributed by atoms with Crippen molar-refractivity contribution in [3.05, 3.63) is 71.4 Å². The fourth-order valence-electron chi connectivity index (χ4n) is 8.93. The fraction of sp³-hybridized carbons (Fsp3) is 0.481. The van der Waals surface area contributed by atoms with E-state index in [4.69, 9.17) is 34.4 Å². The van der Waals surface area contributed by atoms with Gasteiger partial charge in [-0.25, -0.2) is 0 Å². The molecular weight excluding hydrogens is 995 g/mol. The van der Waals surface area contributed by atoms with Gasteiger partial charge >= 0.3 is 0 Å². The Hall–Kier alpha value is -8.69. The third-order valence-electron chi connectivity index (χ3n) is 13.0. The molecule has 0 saturated carbocycles. The Balaban J connectivity index is 1.80. The third kappa shape index (κ3) is 20.9. The lowest BCUT2D eigenvalue weighted by atomic mass is 9.83. The highest BCUT2D eigenvalue weighted by molar-refractivity contribution is 5.99. The molecule has 1 aromatic heterocycles. The first kappa shape index (κ1) is 60.9. The molecule has 1 fully saturated rings. The molecule has 414 valence electrons. The lowest BCUT2D eigenvalue weighted by molar-refractivity contribution is -0.136. The number of aliphatic imine (C=N–C) groups is 2. The minimum Gasteiger partial charge on any atom is -0.370 e. The summed E-state index contributed by atoms with van der Waals surface area (Å²) >= 11 is 0. The maximum atomic E-state index is 14.8. The molecule has 2 heterocycles. The Morgan fingerprint density at radius 3 is 2.05 bits per heavy atom. The molecule has 3 aromatic rings. The molecule has 0 unspecified atom stereocenters. The summed E-state index contributed by atoms with van der Waals surface area (Å²) in [6, 6.07) is 8.23. The molecule has 77 heavy (non-hydrogen) atoms. The first-order chi connectivity index (χ1) is 36.6. The quantitative estimate of drug-likeness (QED) is 0.0405. The molecule has 7 atom stereocenters. The zero-order valence-electron chi connectivity index (χ0n) is 43.1. The summed E-state index contributed by atoms with van der Waals surface area (Å²) in [5, 5.41) is 23.1. The van der Waals surface area contributed by atoms with E-state index in [0.717, 1.165) is 10.9 Å². The predicted octanol–water partition coefficient (Wildman–Crippen LogP) is -1.19. The molecule has 2 aromatic carbocycles. The van der Waals surface area contributed by atoms with E-state index >= 15 is 0 Å². The SMILES string of the molecule is CC(=O)N[C@@H](CCCN=C(N)N)C(=O)N[C@H]1CCC(=O)CCCC[C@@H](C(N)=O)NC(=O)[C@H](Cc2c[nH]c3ccccc23)CC(=O)[C@H](CCCN=C(N)N)CC(=O)[C@@H](Cc2ccc(C#N)cc2)NC(=O)[C@H](CC(N)=O)NC1=O. The van der Waals surface area contributed by atoms with E-state index < -0.39 is 114 Å². The highest BCUT2D eigenvalue weighted by atomic mass is 16.2. The smallest absolute Gasteiger partial charge is 0.243 e. The highest BCUT2D eigenvalue weighted by Gasteiger charge is 2.36. The van der Waals surface area contributed by atoms with E-state index in [1.807, 2.05) is 30.3 Å². The average Bonchev–Trinajstić information content (AvgIpc) is 3.79. The molecule has 1 aliphatic heterocycles. The van der Waals surface area contributed by atoms with Gasteiger partial charge in [0.15, 0.2) is 17.7 Å². The van der Waals surface area contributed by atoms with Gasteiger partial charge in [0.2, 0.25) is 41.4 Å². The van der Waals surface area contributed by atoms with E-state index in [1.54, 1.807) is 18.3 Å². The number of nitrogens with one attached hydrogen (secondary N) is 6. The Morgan fingerprint density at radius 1 is 0.740 bits per heavy atom. The first-order valence-electron chi connectivity index (χ1n) is 25.4. The van der Waals surface area contributed by atoms with Gasteiger partial charge in [-0.1, -0.05) is 36.8 Å². The normalized spacial score (nSPS) is 21.0. The van der Waals surface area contributed by atoms with E-state index in [0.29, 0.717) is 16.7 Å². The van der Waals surface area contributed by atoms with Crippen LogP contribution in [0.2, 0.25) is 0 Å². The van der Waals surface area contributed by atoms with Crippen molar-refractivity contribution in [3.8, 4) is 6.07 Å². The van der Waals surface area contributed by atoms with Crippen molar-refractivity contribution in [3.63, 3.8) is 0 Å². The number of rotatable bonds is 18. The van der Waals surface area contributed by atoms with Crippen LogP contribution in [0, 0.1) is 23.2 Å². The second kappa shape index (κ2) is 30.6. The number of fused-ring (bicyclic) bond motifs is 1. The van der Waals surface area contributed by atoms with E-state index in [2.05, 4.69) is 41.6 Å². The van der Waals surface area contributed by atoms with Crippen LogP contribution < -0.4 is 61.0 Å². The number of aromatic nitrogens is 1. The van der Waals surface area contributed by atoms with Crippen molar-refractivity contribution in [2.75, 3.05) is 13.1 Å². The number of H-pyrrole nitrogens is 1. The molecule has 18 N–H and O–H groups in total. The molecule has 1 saturated heterocycles. The van der Waals surface area contributed by atoms with Gasteiger partial charge in [0.25, 0.3) is 0 Å². The summed E-state index contributed by atoms with van der Waals surface area (Å²) in [6.07, 6.45) is 0.0339. The molecule has 0 radical (unpaired) electrons. The number of carbonyl (C=O) groups is 10. The number of carbonyl (C=O) groups excluding carboxylic acids is 10. The number of guanidine groups is 2. The number of amides is 7. The second-order valence-electron chi connectivity index (χ2n) is 19.1. The highest BCUT2D eigenvalue weighted by Crippen LogP contribution is 2.26. The molecule has 0 aliphatic carbocycles. The van der Waals surface area contributed by atoms with Crippen molar-refractivity contribution < 1.29 is 47.9 Å². The van der Waals surface area contributed by atoms with E-state index in [9.17, 15) is 53.2 Å². The Kier molecular flexibility index (Phi) is 24.2. The lowest BCUT2D eigenvalue weighted by Gasteiger charge is -2.27. The number of hydrogen-bond acceptors (Lipinski definition) is 13.